The Morgan fingerprint density at radius 3 is 2.24 bits per heavy atom. The SMILES string of the molecule is CNC(=O)N(CCc1ccc(NC(C)=O)cc1)C(=O)N(O)C(=O)CCCC(C)C. The molecule has 0 aromatic heterocycles. The number of hydrogen-bond donors (Lipinski definition) is 3. The van der Waals surface area contributed by atoms with Crippen molar-refractivity contribution in [3.05, 3.63) is 29.8 Å². The summed E-state index contributed by atoms with van der Waals surface area (Å²) >= 11 is 0. The van der Waals surface area contributed by atoms with E-state index in [1.165, 1.54) is 14.0 Å². The number of carbonyl (C=O) groups excluding carboxylic acids is 4. The lowest BCUT2D eigenvalue weighted by Crippen LogP contribution is -2.50. The number of nitrogens with zero attached hydrogens (tertiary/aromatic N) is 2. The molecule has 6 amide bonds. The van der Waals surface area contributed by atoms with E-state index in [-0.39, 0.29) is 23.9 Å². The van der Waals surface area contributed by atoms with Gasteiger partial charge in [0.1, 0.15) is 0 Å². The van der Waals surface area contributed by atoms with Crippen LogP contribution in [0.3, 0.4) is 0 Å². The topological polar surface area (TPSA) is 119 Å². The first kappa shape index (κ1) is 24.1. The summed E-state index contributed by atoms with van der Waals surface area (Å²) in [6.45, 7) is 5.41. The summed E-state index contributed by atoms with van der Waals surface area (Å²) in [6, 6.07) is 5.11. The number of rotatable bonds is 8. The van der Waals surface area contributed by atoms with Gasteiger partial charge in [-0.05, 0) is 36.5 Å². The molecule has 0 fully saturated rings. The standard InChI is InChI=1S/C20H30N4O5/c1-14(2)6-5-7-18(26)24(29)20(28)23(19(27)21-4)13-12-16-8-10-17(11-9-16)22-15(3)25/h8-11,14,29H,5-7,12-13H2,1-4H3,(H,21,27)(H,22,25). The van der Waals surface area contributed by atoms with Gasteiger partial charge in [-0.15, -0.1) is 5.06 Å². The van der Waals surface area contributed by atoms with Crippen LogP contribution in [0, 0.1) is 5.92 Å². The predicted octanol–water partition coefficient (Wildman–Crippen LogP) is 2.99. The van der Waals surface area contributed by atoms with Crippen LogP contribution in [0.5, 0.6) is 0 Å². The van der Waals surface area contributed by atoms with Gasteiger partial charge in [-0.1, -0.05) is 32.4 Å². The summed E-state index contributed by atoms with van der Waals surface area (Å²) in [7, 11) is 1.36. The number of anilines is 1. The van der Waals surface area contributed by atoms with Crippen LogP contribution >= 0.6 is 0 Å². The zero-order valence-corrected chi connectivity index (χ0v) is 17.4. The van der Waals surface area contributed by atoms with E-state index in [9.17, 15) is 24.4 Å². The Morgan fingerprint density at radius 2 is 1.72 bits per heavy atom. The number of hydrogen-bond acceptors (Lipinski definition) is 5. The number of benzene rings is 1. The minimum atomic E-state index is -1.09. The smallest absolute Gasteiger partial charge is 0.341 e. The monoisotopic (exact) mass is 406 g/mol. The maximum Gasteiger partial charge on any atom is 0.359 e. The van der Waals surface area contributed by atoms with Crippen LogP contribution in [-0.4, -0.2) is 52.6 Å². The molecule has 0 aliphatic carbocycles. The van der Waals surface area contributed by atoms with Gasteiger partial charge in [0.2, 0.25) is 5.91 Å². The molecule has 1 rings (SSSR count). The van der Waals surface area contributed by atoms with Gasteiger partial charge in [-0.25, -0.2) is 14.5 Å². The molecule has 0 aliphatic rings. The molecule has 29 heavy (non-hydrogen) atoms. The second-order valence-electron chi connectivity index (χ2n) is 7.11. The van der Waals surface area contributed by atoms with Gasteiger partial charge < -0.3 is 10.6 Å². The third-order valence-electron chi connectivity index (χ3n) is 4.18. The summed E-state index contributed by atoms with van der Waals surface area (Å²) in [6.07, 6.45) is 1.67. The average Bonchev–Trinajstić information content (AvgIpc) is 2.67. The Balaban J connectivity index is 2.73. The molecule has 1 aromatic carbocycles. The number of hydroxylamine groups is 2. The van der Waals surface area contributed by atoms with E-state index >= 15 is 0 Å². The highest BCUT2D eigenvalue weighted by Gasteiger charge is 2.29. The zero-order chi connectivity index (χ0) is 22.0. The molecule has 0 atom stereocenters. The molecule has 0 saturated heterocycles. The van der Waals surface area contributed by atoms with Crippen molar-refractivity contribution in [2.75, 3.05) is 18.9 Å². The Hall–Kier alpha value is -2.94. The second-order valence-corrected chi connectivity index (χ2v) is 7.11. The second kappa shape index (κ2) is 11.8. The van der Waals surface area contributed by atoms with Crippen molar-refractivity contribution in [1.82, 2.24) is 15.3 Å². The van der Waals surface area contributed by atoms with Crippen LogP contribution in [0.15, 0.2) is 24.3 Å². The fourth-order valence-electron chi connectivity index (χ4n) is 2.61. The molecular formula is C20H30N4O5. The van der Waals surface area contributed by atoms with Crippen molar-refractivity contribution in [3.8, 4) is 0 Å². The summed E-state index contributed by atoms with van der Waals surface area (Å²) in [4.78, 5) is 48.4. The van der Waals surface area contributed by atoms with Crippen LogP contribution in [0.25, 0.3) is 0 Å². The number of imide groups is 2. The lowest BCUT2D eigenvalue weighted by atomic mass is 10.1. The third kappa shape index (κ3) is 8.30. The predicted molar refractivity (Wildman–Crippen MR) is 108 cm³/mol. The lowest BCUT2D eigenvalue weighted by Gasteiger charge is -2.24. The Kier molecular flexibility index (Phi) is 9.81. The summed E-state index contributed by atoms with van der Waals surface area (Å²) < 4.78 is 0. The van der Waals surface area contributed by atoms with Crippen molar-refractivity contribution in [3.63, 3.8) is 0 Å². The highest BCUT2D eigenvalue weighted by atomic mass is 16.5. The molecule has 0 unspecified atom stereocenters. The van der Waals surface area contributed by atoms with E-state index in [1.807, 2.05) is 13.8 Å². The van der Waals surface area contributed by atoms with E-state index < -0.39 is 18.0 Å². The molecule has 0 spiro atoms. The van der Waals surface area contributed by atoms with Crippen molar-refractivity contribution in [1.29, 1.82) is 0 Å². The Morgan fingerprint density at radius 1 is 1.10 bits per heavy atom. The number of urea groups is 2. The molecule has 9 nitrogen and oxygen atoms in total. The maximum atomic E-state index is 12.5. The van der Waals surface area contributed by atoms with Crippen molar-refractivity contribution < 1.29 is 24.4 Å². The average molecular weight is 406 g/mol. The van der Waals surface area contributed by atoms with Crippen LogP contribution in [0.1, 0.15) is 45.6 Å². The first-order valence-corrected chi connectivity index (χ1v) is 9.57. The fourth-order valence-corrected chi connectivity index (χ4v) is 2.61. The highest BCUT2D eigenvalue weighted by Crippen LogP contribution is 2.12. The molecule has 0 bridgehead atoms. The van der Waals surface area contributed by atoms with E-state index in [1.54, 1.807) is 24.3 Å². The third-order valence-corrected chi connectivity index (χ3v) is 4.18. The maximum absolute atomic E-state index is 12.5. The van der Waals surface area contributed by atoms with E-state index in [0.717, 1.165) is 16.9 Å². The quantitative estimate of drug-likeness (QED) is 0.453. The molecule has 0 saturated carbocycles. The molecule has 9 heteroatoms. The summed E-state index contributed by atoms with van der Waals surface area (Å²) in [5.41, 5.74) is 1.45. The van der Waals surface area contributed by atoms with E-state index in [0.29, 0.717) is 24.4 Å². The summed E-state index contributed by atoms with van der Waals surface area (Å²) in [5.74, 6) is -0.524. The molecule has 3 N–H and O–H groups in total. The number of amides is 6. The minimum Gasteiger partial charge on any atom is -0.341 e. The van der Waals surface area contributed by atoms with Crippen LogP contribution in [0.2, 0.25) is 0 Å². The molecule has 1 aromatic rings. The van der Waals surface area contributed by atoms with Gasteiger partial charge in [0.15, 0.2) is 0 Å². The highest BCUT2D eigenvalue weighted by molar-refractivity contribution is 6.00. The summed E-state index contributed by atoms with van der Waals surface area (Å²) in [5, 5.41) is 14.9. The van der Waals surface area contributed by atoms with Crippen molar-refractivity contribution >= 4 is 29.6 Å². The minimum absolute atomic E-state index is 0.00937. The number of nitrogens with one attached hydrogen (secondary N) is 2. The number of carbonyl (C=O) groups is 4. The van der Waals surface area contributed by atoms with Gasteiger partial charge in [0.05, 0.1) is 0 Å². The van der Waals surface area contributed by atoms with Crippen molar-refractivity contribution in [2.45, 2.75) is 46.5 Å². The molecule has 0 aliphatic heterocycles. The Labute approximate surface area is 171 Å². The molecule has 0 heterocycles. The van der Waals surface area contributed by atoms with E-state index in [2.05, 4.69) is 10.6 Å². The molecule has 160 valence electrons. The Bertz CT molecular complexity index is 718. The molecule has 0 radical (unpaired) electrons. The van der Waals surface area contributed by atoms with Gasteiger partial charge in [-0.3, -0.25) is 14.8 Å². The first-order valence-electron chi connectivity index (χ1n) is 9.57. The van der Waals surface area contributed by atoms with Crippen LogP contribution in [-0.2, 0) is 16.0 Å². The van der Waals surface area contributed by atoms with Gasteiger partial charge in [0.25, 0.3) is 5.91 Å². The fraction of sp³-hybridized carbons (Fsp3) is 0.500. The van der Waals surface area contributed by atoms with Crippen LogP contribution in [0.4, 0.5) is 15.3 Å². The van der Waals surface area contributed by atoms with E-state index in [4.69, 9.17) is 0 Å². The van der Waals surface area contributed by atoms with Crippen LogP contribution < -0.4 is 10.6 Å². The lowest BCUT2D eigenvalue weighted by molar-refractivity contribution is -0.154. The van der Waals surface area contributed by atoms with Crippen molar-refractivity contribution in [2.24, 2.45) is 5.92 Å². The normalized spacial score (nSPS) is 10.4. The van der Waals surface area contributed by atoms with Gasteiger partial charge in [0, 0.05) is 32.6 Å². The van der Waals surface area contributed by atoms with Gasteiger partial charge >= 0.3 is 12.1 Å². The first-order chi connectivity index (χ1) is 13.6. The van der Waals surface area contributed by atoms with Gasteiger partial charge in [-0.2, -0.15) is 0 Å². The molecular weight excluding hydrogens is 376 g/mol. The largest absolute Gasteiger partial charge is 0.359 e. The zero-order valence-electron chi connectivity index (χ0n) is 17.4.